The summed E-state index contributed by atoms with van der Waals surface area (Å²) in [6.07, 6.45) is 2.32. The first-order valence-corrected chi connectivity index (χ1v) is 10.5. The number of hydrogen-bond donors (Lipinski definition) is 2. The molecule has 0 aliphatic heterocycles. The van der Waals surface area contributed by atoms with Crippen LogP contribution < -0.4 is 5.73 Å². The molecular formula is C26H22FN5. The summed E-state index contributed by atoms with van der Waals surface area (Å²) in [6, 6.07) is 21.0. The molecule has 0 fully saturated rings. The van der Waals surface area contributed by atoms with Gasteiger partial charge in [-0.3, -0.25) is 9.97 Å². The molecule has 6 heteroatoms. The van der Waals surface area contributed by atoms with Crippen LogP contribution in [0.2, 0.25) is 0 Å². The Morgan fingerprint density at radius 1 is 0.969 bits per heavy atom. The molecule has 0 saturated carbocycles. The Morgan fingerprint density at radius 3 is 2.72 bits per heavy atom. The van der Waals surface area contributed by atoms with E-state index < -0.39 is 0 Å². The van der Waals surface area contributed by atoms with Gasteiger partial charge in [0.05, 0.1) is 22.6 Å². The quantitative estimate of drug-likeness (QED) is 0.408. The van der Waals surface area contributed by atoms with Crippen LogP contribution in [0, 0.1) is 12.7 Å². The Balaban J connectivity index is 1.62. The average Bonchev–Trinajstić information content (AvgIpc) is 3.24. The van der Waals surface area contributed by atoms with Gasteiger partial charge < -0.3 is 10.7 Å². The zero-order valence-electron chi connectivity index (χ0n) is 17.6. The van der Waals surface area contributed by atoms with Crippen molar-refractivity contribution in [3.63, 3.8) is 0 Å². The fourth-order valence-corrected chi connectivity index (χ4v) is 3.89. The SMILES string of the molecule is Cc1cccc(-c2[nH]c(Cc3ccc(F)c(CN)c3)nc2-c2ccc3ncccc3c2)n1. The zero-order chi connectivity index (χ0) is 22.1. The number of aryl methyl sites for hydroxylation is 1. The van der Waals surface area contributed by atoms with Gasteiger partial charge in [0, 0.05) is 41.4 Å². The van der Waals surface area contributed by atoms with Crippen LogP contribution in [0.1, 0.15) is 22.6 Å². The number of benzene rings is 2. The molecule has 158 valence electrons. The number of nitrogens with two attached hydrogens (primary N) is 1. The monoisotopic (exact) mass is 423 g/mol. The second-order valence-corrected chi connectivity index (χ2v) is 7.79. The number of imidazole rings is 1. The molecular weight excluding hydrogens is 401 g/mol. The van der Waals surface area contributed by atoms with E-state index in [0.717, 1.165) is 50.6 Å². The third-order valence-corrected chi connectivity index (χ3v) is 5.48. The van der Waals surface area contributed by atoms with Gasteiger partial charge in [-0.2, -0.15) is 0 Å². The molecule has 3 heterocycles. The molecule has 0 spiro atoms. The van der Waals surface area contributed by atoms with Gasteiger partial charge in [-0.25, -0.2) is 9.37 Å². The Bertz CT molecular complexity index is 1420. The third kappa shape index (κ3) is 3.88. The van der Waals surface area contributed by atoms with Gasteiger partial charge in [-0.1, -0.05) is 30.3 Å². The lowest BCUT2D eigenvalue weighted by Gasteiger charge is -2.05. The van der Waals surface area contributed by atoms with E-state index in [1.165, 1.54) is 6.07 Å². The van der Waals surface area contributed by atoms with Crippen LogP contribution >= 0.6 is 0 Å². The molecule has 0 unspecified atom stereocenters. The number of aromatic nitrogens is 4. The molecule has 3 N–H and O–H groups in total. The van der Waals surface area contributed by atoms with Crippen LogP contribution in [0.3, 0.4) is 0 Å². The second kappa shape index (κ2) is 8.32. The maximum atomic E-state index is 13.9. The average molecular weight is 423 g/mol. The summed E-state index contributed by atoms with van der Waals surface area (Å²) >= 11 is 0. The predicted octanol–water partition coefficient (Wildman–Crippen LogP) is 5.18. The van der Waals surface area contributed by atoms with Crippen LogP contribution in [-0.4, -0.2) is 19.9 Å². The van der Waals surface area contributed by atoms with Crippen molar-refractivity contribution >= 4 is 10.9 Å². The number of halogens is 1. The predicted molar refractivity (Wildman–Crippen MR) is 124 cm³/mol. The summed E-state index contributed by atoms with van der Waals surface area (Å²) < 4.78 is 13.9. The summed E-state index contributed by atoms with van der Waals surface area (Å²) in [5.74, 6) is 0.491. The van der Waals surface area contributed by atoms with Gasteiger partial charge in [0.15, 0.2) is 0 Å². The minimum absolute atomic E-state index is 0.159. The van der Waals surface area contributed by atoms with Gasteiger partial charge in [-0.15, -0.1) is 0 Å². The first kappa shape index (κ1) is 20.0. The highest BCUT2D eigenvalue weighted by atomic mass is 19.1. The standard InChI is InChI=1S/C26H22FN5/c1-16-4-2-6-23(30-16)26-25(19-8-10-22-18(14-19)5-3-11-29-22)31-24(32-26)13-17-7-9-21(27)20(12-17)15-28/h2-12,14H,13,15,28H2,1H3,(H,31,32). The minimum Gasteiger partial charge on any atom is -0.340 e. The number of aromatic amines is 1. The molecule has 0 bridgehead atoms. The van der Waals surface area contributed by atoms with E-state index in [1.54, 1.807) is 18.3 Å². The van der Waals surface area contributed by atoms with Crippen LogP contribution in [-0.2, 0) is 13.0 Å². The second-order valence-electron chi connectivity index (χ2n) is 7.79. The van der Waals surface area contributed by atoms with E-state index in [2.05, 4.69) is 16.0 Å². The molecule has 3 aromatic heterocycles. The lowest BCUT2D eigenvalue weighted by molar-refractivity contribution is 0.609. The third-order valence-electron chi connectivity index (χ3n) is 5.48. The molecule has 5 rings (SSSR count). The molecule has 32 heavy (non-hydrogen) atoms. The van der Waals surface area contributed by atoms with Gasteiger partial charge in [0.1, 0.15) is 11.6 Å². The van der Waals surface area contributed by atoms with Gasteiger partial charge in [0.2, 0.25) is 0 Å². The molecule has 0 aliphatic rings. The molecule has 5 aromatic rings. The lowest BCUT2D eigenvalue weighted by Crippen LogP contribution is -2.01. The van der Waals surface area contributed by atoms with Crippen LogP contribution in [0.4, 0.5) is 4.39 Å². The summed E-state index contributed by atoms with van der Waals surface area (Å²) in [5.41, 5.74) is 12.5. The normalized spacial score (nSPS) is 11.2. The number of fused-ring (bicyclic) bond motifs is 1. The van der Waals surface area contributed by atoms with E-state index in [0.29, 0.717) is 12.0 Å². The largest absolute Gasteiger partial charge is 0.340 e. The molecule has 0 aliphatic carbocycles. The van der Waals surface area contributed by atoms with E-state index in [1.807, 2.05) is 49.4 Å². The number of nitrogens with one attached hydrogen (secondary N) is 1. The van der Waals surface area contributed by atoms with E-state index in [9.17, 15) is 4.39 Å². The Hall–Kier alpha value is -3.90. The van der Waals surface area contributed by atoms with Gasteiger partial charge in [0.25, 0.3) is 0 Å². The Kier molecular flexibility index (Phi) is 5.21. The molecule has 5 nitrogen and oxygen atoms in total. The molecule has 2 aromatic carbocycles. The highest BCUT2D eigenvalue weighted by Gasteiger charge is 2.16. The van der Waals surface area contributed by atoms with Crippen molar-refractivity contribution in [1.82, 2.24) is 19.9 Å². The number of H-pyrrole nitrogens is 1. The topological polar surface area (TPSA) is 80.5 Å². The maximum absolute atomic E-state index is 13.9. The maximum Gasteiger partial charge on any atom is 0.127 e. The summed E-state index contributed by atoms with van der Waals surface area (Å²) in [7, 11) is 0. The van der Waals surface area contributed by atoms with Crippen molar-refractivity contribution < 1.29 is 4.39 Å². The first-order chi connectivity index (χ1) is 15.6. The molecule has 0 amide bonds. The highest BCUT2D eigenvalue weighted by Crippen LogP contribution is 2.31. The van der Waals surface area contributed by atoms with Crippen LogP contribution in [0.5, 0.6) is 0 Å². The van der Waals surface area contributed by atoms with Crippen molar-refractivity contribution in [1.29, 1.82) is 0 Å². The van der Waals surface area contributed by atoms with Crippen molar-refractivity contribution in [2.24, 2.45) is 5.73 Å². The van der Waals surface area contributed by atoms with Crippen LogP contribution in [0.15, 0.2) is 72.9 Å². The Morgan fingerprint density at radius 2 is 1.88 bits per heavy atom. The van der Waals surface area contributed by atoms with Crippen molar-refractivity contribution in [2.45, 2.75) is 19.9 Å². The van der Waals surface area contributed by atoms with E-state index >= 15 is 0 Å². The smallest absolute Gasteiger partial charge is 0.127 e. The minimum atomic E-state index is -0.286. The fourth-order valence-electron chi connectivity index (χ4n) is 3.89. The summed E-state index contributed by atoms with van der Waals surface area (Å²) in [5, 5.41) is 1.05. The van der Waals surface area contributed by atoms with Crippen molar-refractivity contribution in [2.75, 3.05) is 0 Å². The van der Waals surface area contributed by atoms with Crippen molar-refractivity contribution in [3.8, 4) is 22.6 Å². The van der Waals surface area contributed by atoms with E-state index in [4.69, 9.17) is 15.7 Å². The fraction of sp³-hybridized carbons (Fsp3) is 0.115. The lowest BCUT2D eigenvalue weighted by atomic mass is 10.1. The number of nitrogens with zero attached hydrogens (tertiary/aromatic N) is 3. The van der Waals surface area contributed by atoms with Gasteiger partial charge in [-0.05, 0) is 48.9 Å². The van der Waals surface area contributed by atoms with Crippen molar-refractivity contribution in [3.05, 3.63) is 101 Å². The summed E-state index contributed by atoms with van der Waals surface area (Å²) in [4.78, 5) is 17.5. The van der Waals surface area contributed by atoms with E-state index in [-0.39, 0.29) is 12.4 Å². The molecule has 0 saturated heterocycles. The Labute approximate surface area is 185 Å². The molecule has 0 radical (unpaired) electrons. The van der Waals surface area contributed by atoms with Gasteiger partial charge >= 0.3 is 0 Å². The number of rotatable bonds is 5. The van der Waals surface area contributed by atoms with Crippen LogP contribution in [0.25, 0.3) is 33.5 Å². The first-order valence-electron chi connectivity index (χ1n) is 10.5. The number of hydrogen-bond acceptors (Lipinski definition) is 4. The highest BCUT2D eigenvalue weighted by molar-refractivity contribution is 5.86. The number of pyridine rings is 2. The molecule has 0 atom stereocenters. The summed E-state index contributed by atoms with van der Waals surface area (Å²) in [6.45, 7) is 2.13. The zero-order valence-corrected chi connectivity index (χ0v) is 17.6.